The van der Waals surface area contributed by atoms with Gasteiger partial charge in [0.25, 0.3) is 0 Å². The van der Waals surface area contributed by atoms with Crippen molar-refractivity contribution in [2.24, 2.45) is 0 Å². The third-order valence-electron chi connectivity index (χ3n) is 6.45. The molecule has 4 heteroatoms. The standard InChI is InChI=1S/C30H28N2OS/c1-3-23-20-34-21-27(23)29-31-28(22(2)33)19-32(29)30(24-13-7-4-8-14-24,25-15-9-5-10-16-25)26-17-11-6-12-18-26/h4-22,33H,3H2,1-2H3. The Kier molecular flexibility index (Phi) is 6.18. The highest BCUT2D eigenvalue weighted by atomic mass is 32.1. The van der Waals surface area contributed by atoms with Crippen LogP contribution in [-0.4, -0.2) is 14.7 Å². The van der Waals surface area contributed by atoms with Gasteiger partial charge in [-0.25, -0.2) is 4.98 Å². The summed E-state index contributed by atoms with van der Waals surface area (Å²) in [6.07, 6.45) is 2.28. The number of hydrogen-bond donors (Lipinski definition) is 1. The molecular formula is C30H28N2OS. The van der Waals surface area contributed by atoms with Crippen molar-refractivity contribution < 1.29 is 5.11 Å². The first-order valence-electron chi connectivity index (χ1n) is 11.7. The van der Waals surface area contributed by atoms with Crippen LogP contribution in [0.3, 0.4) is 0 Å². The zero-order valence-corrected chi connectivity index (χ0v) is 20.2. The molecule has 3 nitrogen and oxygen atoms in total. The average molecular weight is 465 g/mol. The molecule has 1 N–H and O–H groups in total. The van der Waals surface area contributed by atoms with Crippen molar-refractivity contribution in [1.29, 1.82) is 0 Å². The first-order chi connectivity index (χ1) is 16.7. The van der Waals surface area contributed by atoms with Gasteiger partial charge in [0.1, 0.15) is 11.4 Å². The van der Waals surface area contributed by atoms with Crippen molar-refractivity contribution >= 4 is 11.3 Å². The first kappa shape index (κ1) is 22.3. The monoisotopic (exact) mass is 464 g/mol. The fourth-order valence-electron chi connectivity index (χ4n) is 4.79. The Bertz CT molecular complexity index is 1260. The summed E-state index contributed by atoms with van der Waals surface area (Å²) in [5, 5.41) is 15.0. The highest BCUT2D eigenvalue weighted by Gasteiger charge is 2.40. The van der Waals surface area contributed by atoms with Crippen LogP contribution in [-0.2, 0) is 12.0 Å². The van der Waals surface area contributed by atoms with Crippen molar-refractivity contribution in [3.63, 3.8) is 0 Å². The zero-order chi connectivity index (χ0) is 23.5. The van der Waals surface area contributed by atoms with E-state index in [1.165, 1.54) is 5.56 Å². The number of hydrogen-bond acceptors (Lipinski definition) is 3. The number of aliphatic hydroxyl groups excluding tert-OH is 1. The topological polar surface area (TPSA) is 38.1 Å². The largest absolute Gasteiger partial charge is 0.387 e. The fraction of sp³-hybridized carbons (Fsp3) is 0.167. The van der Waals surface area contributed by atoms with E-state index in [2.05, 4.69) is 95.0 Å². The number of imidazole rings is 1. The summed E-state index contributed by atoms with van der Waals surface area (Å²) in [6, 6.07) is 31.8. The van der Waals surface area contributed by atoms with Gasteiger partial charge >= 0.3 is 0 Å². The molecule has 0 aliphatic heterocycles. The average Bonchev–Trinajstić information content (AvgIpc) is 3.54. The maximum atomic E-state index is 10.6. The normalized spacial score (nSPS) is 12.6. The molecular weight excluding hydrogens is 436 g/mol. The number of rotatable bonds is 7. The molecule has 170 valence electrons. The second-order valence-electron chi connectivity index (χ2n) is 8.51. The molecule has 34 heavy (non-hydrogen) atoms. The highest BCUT2D eigenvalue weighted by Crippen LogP contribution is 2.44. The number of thiophene rings is 1. The van der Waals surface area contributed by atoms with Crippen LogP contribution in [0, 0.1) is 0 Å². The number of aromatic nitrogens is 2. The van der Waals surface area contributed by atoms with E-state index in [-0.39, 0.29) is 0 Å². The van der Waals surface area contributed by atoms with Crippen molar-refractivity contribution in [3.8, 4) is 11.4 Å². The maximum absolute atomic E-state index is 10.6. The van der Waals surface area contributed by atoms with E-state index >= 15 is 0 Å². The molecule has 5 aromatic rings. The number of benzene rings is 3. The molecule has 0 radical (unpaired) electrons. The minimum absolute atomic E-state index is 0.662. The van der Waals surface area contributed by atoms with E-state index in [9.17, 15) is 5.11 Å². The van der Waals surface area contributed by atoms with Gasteiger partial charge in [-0.05, 0) is 41.0 Å². The predicted molar refractivity (Wildman–Crippen MR) is 140 cm³/mol. The Hall–Kier alpha value is -3.47. The summed E-state index contributed by atoms with van der Waals surface area (Å²) in [6.45, 7) is 3.95. The minimum atomic E-state index is -0.677. The summed E-state index contributed by atoms with van der Waals surface area (Å²) in [7, 11) is 0. The molecule has 2 heterocycles. The molecule has 1 atom stereocenters. The van der Waals surface area contributed by atoms with E-state index in [0.717, 1.165) is 34.5 Å². The van der Waals surface area contributed by atoms with Crippen LogP contribution in [0.5, 0.6) is 0 Å². The molecule has 0 saturated heterocycles. The van der Waals surface area contributed by atoms with Crippen molar-refractivity contribution in [3.05, 3.63) is 136 Å². The maximum Gasteiger partial charge on any atom is 0.142 e. The van der Waals surface area contributed by atoms with E-state index in [4.69, 9.17) is 4.98 Å². The predicted octanol–water partition coefficient (Wildman–Crippen LogP) is 7.07. The molecule has 0 aliphatic rings. The van der Waals surface area contributed by atoms with Crippen molar-refractivity contribution in [2.45, 2.75) is 31.9 Å². The van der Waals surface area contributed by atoms with Crippen LogP contribution in [0.25, 0.3) is 11.4 Å². The lowest BCUT2D eigenvalue weighted by Gasteiger charge is -2.38. The van der Waals surface area contributed by atoms with Gasteiger partial charge in [0.05, 0.1) is 11.8 Å². The van der Waals surface area contributed by atoms with Crippen LogP contribution in [0.1, 0.15) is 47.9 Å². The molecule has 0 bridgehead atoms. The SMILES string of the molecule is CCc1cscc1-c1nc(C(C)O)cn1C(c1ccccc1)(c1ccccc1)c1ccccc1. The lowest BCUT2D eigenvalue weighted by molar-refractivity contribution is 0.194. The van der Waals surface area contributed by atoms with Crippen LogP contribution in [0.4, 0.5) is 0 Å². The molecule has 0 fully saturated rings. The van der Waals surface area contributed by atoms with Gasteiger partial charge in [0.2, 0.25) is 0 Å². The molecule has 5 rings (SSSR count). The van der Waals surface area contributed by atoms with Crippen LogP contribution >= 0.6 is 11.3 Å². The third kappa shape index (κ3) is 3.69. The van der Waals surface area contributed by atoms with Gasteiger partial charge in [-0.15, -0.1) is 0 Å². The van der Waals surface area contributed by atoms with Crippen molar-refractivity contribution in [1.82, 2.24) is 9.55 Å². The van der Waals surface area contributed by atoms with E-state index in [0.29, 0.717) is 5.69 Å². The molecule has 1 unspecified atom stereocenters. The Morgan fingerprint density at radius 2 is 1.32 bits per heavy atom. The van der Waals surface area contributed by atoms with Gasteiger partial charge < -0.3 is 9.67 Å². The quantitative estimate of drug-likeness (QED) is 0.262. The summed E-state index contributed by atoms with van der Waals surface area (Å²) in [5.74, 6) is 0.866. The van der Waals surface area contributed by atoms with Gasteiger partial charge in [0.15, 0.2) is 0 Å². The summed E-state index contributed by atoms with van der Waals surface area (Å²) in [5.41, 5.74) is 5.77. The molecule has 0 spiro atoms. The van der Waals surface area contributed by atoms with Gasteiger partial charge in [-0.1, -0.05) is 97.9 Å². The zero-order valence-electron chi connectivity index (χ0n) is 19.4. The van der Waals surface area contributed by atoms with Crippen LogP contribution in [0.15, 0.2) is 108 Å². The Morgan fingerprint density at radius 3 is 1.76 bits per heavy atom. The molecule has 3 aromatic carbocycles. The lowest BCUT2D eigenvalue weighted by Crippen LogP contribution is -2.38. The van der Waals surface area contributed by atoms with Gasteiger partial charge in [-0.3, -0.25) is 0 Å². The molecule has 0 amide bonds. The Labute approximate surface area is 205 Å². The summed E-state index contributed by atoms with van der Waals surface area (Å²) < 4.78 is 2.27. The fourth-order valence-corrected chi connectivity index (χ4v) is 5.71. The number of aryl methyl sites for hydroxylation is 1. The second-order valence-corrected chi connectivity index (χ2v) is 9.25. The Balaban J connectivity index is 1.95. The third-order valence-corrected chi connectivity index (χ3v) is 7.24. The summed E-state index contributed by atoms with van der Waals surface area (Å²) >= 11 is 1.69. The first-order valence-corrected chi connectivity index (χ1v) is 12.6. The Morgan fingerprint density at radius 1 is 0.824 bits per heavy atom. The van der Waals surface area contributed by atoms with E-state index < -0.39 is 11.6 Å². The molecule has 0 aliphatic carbocycles. The lowest BCUT2D eigenvalue weighted by atomic mass is 9.76. The second kappa shape index (κ2) is 9.41. The van der Waals surface area contributed by atoms with Gasteiger partial charge in [-0.2, -0.15) is 11.3 Å². The van der Waals surface area contributed by atoms with E-state index in [1.807, 2.05) is 24.4 Å². The molecule has 0 saturated carbocycles. The van der Waals surface area contributed by atoms with Gasteiger partial charge in [0, 0.05) is 17.1 Å². The smallest absolute Gasteiger partial charge is 0.142 e. The minimum Gasteiger partial charge on any atom is -0.387 e. The van der Waals surface area contributed by atoms with E-state index in [1.54, 1.807) is 18.3 Å². The number of aliphatic hydroxyl groups is 1. The number of nitrogens with zero attached hydrogens (tertiary/aromatic N) is 2. The summed E-state index contributed by atoms with van der Waals surface area (Å²) in [4.78, 5) is 5.02. The van der Waals surface area contributed by atoms with Crippen molar-refractivity contribution in [2.75, 3.05) is 0 Å². The highest BCUT2D eigenvalue weighted by molar-refractivity contribution is 7.08. The van der Waals surface area contributed by atoms with Crippen LogP contribution < -0.4 is 0 Å². The van der Waals surface area contributed by atoms with Crippen LogP contribution in [0.2, 0.25) is 0 Å². The molecule has 2 aromatic heterocycles.